The fourth-order valence-electron chi connectivity index (χ4n) is 2.23. The van der Waals surface area contributed by atoms with E-state index in [2.05, 4.69) is 5.32 Å². The molecule has 0 saturated carbocycles. The van der Waals surface area contributed by atoms with Gasteiger partial charge in [0.1, 0.15) is 12.4 Å². The lowest BCUT2D eigenvalue weighted by atomic mass is 10.2. The molecule has 21 heavy (non-hydrogen) atoms. The standard InChI is InChI=1S/C15H20N2O4/c18-14(17-7-1-2-8-17)11-16-6-9-21-13-5-3-4-12(10-13)15(19)20/h3-5,10,16H,1-2,6-9,11H2,(H,19,20). The quantitative estimate of drug-likeness (QED) is 0.732. The van der Waals surface area contributed by atoms with Crippen LogP contribution in [0.5, 0.6) is 5.75 Å². The average Bonchev–Trinajstić information content (AvgIpc) is 3.01. The van der Waals surface area contributed by atoms with Gasteiger partial charge in [-0.3, -0.25) is 4.79 Å². The van der Waals surface area contributed by atoms with Crippen LogP contribution in [-0.4, -0.2) is 54.7 Å². The summed E-state index contributed by atoms with van der Waals surface area (Å²) in [6.07, 6.45) is 2.18. The van der Waals surface area contributed by atoms with Crippen molar-refractivity contribution in [3.63, 3.8) is 0 Å². The van der Waals surface area contributed by atoms with Gasteiger partial charge in [0.25, 0.3) is 0 Å². The first-order valence-electron chi connectivity index (χ1n) is 7.11. The van der Waals surface area contributed by atoms with Crippen LogP contribution < -0.4 is 10.1 Å². The molecule has 1 aromatic rings. The van der Waals surface area contributed by atoms with E-state index in [1.807, 2.05) is 4.90 Å². The van der Waals surface area contributed by atoms with E-state index in [-0.39, 0.29) is 11.5 Å². The highest BCUT2D eigenvalue weighted by atomic mass is 16.5. The van der Waals surface area contributed by atoms with Gasteiger partial charge >= 0.3 is 5.97 Å². The fraction of sp³-hybridized carbons (Fsp3) is 0.467. The third kappa shape index (κ3) is 4.75. The number of carbonyl (C=O) groups excluding carboxylic acids is 1. The van der Waals surface area contributed by atoms with Gasteiger partial charge in [-0.2, -0.15) is 0 Å². The Kier molecular flexibility index (Phi) is 5.57. The zero-order valence-corrected chi connectivity index (χ0v) is 11.9. The van der Waals surface area contributed by atoms with E-state index in [0.29, 0.717) is 25.4 Å². The van der Waals surface area contributed by atoms with Gasteiger partial charge in [0.15, 0.2) is 0 Å². The number of carboxylic acid groups (broad SMARTS) is 1. The predicted octanol–water partition coefficient (Wildman–Crippen LogP) is 0.976. The molecule has 1 aromatic carbocycles. The Morgan fingerprint density at radius 1 is 1.29 bits per heavy atom. The first-order valence-corrected chi connectivity index (χ1v) is 7.11. The molecule has 0 aromatic heterocycles. The molecule has 1 aliphatic rings. The number of aromatic carboxylic acids is 1. The van der Waals surface area contributed by atoms with E-state index < -0.39 is 5.97 Å². The maximum absolute atomic E-state index is 11.8. The molecular formula is C15H20N2O4. The van der Waals surface area contributed by atoms with E-state index in [1.54, 1.807) is 12.1 Å². The van der Waals surface area contributed by atoms with Crippen LogP contribution in [0.25, 0.3) is 0 Å². The summed E-state index contributed by atoms with van der Waals surface area (Å²) < 4.78 is 5.45. The third-order valence-corrected chi connectivity index (χ3v) is 3.36. The molecule has 6 nitrogen and oxygen atoms in total. The number of rotatable bonds is 7. The Balaban J connectivity index is 1.64. The maximum atomic E-state index is 11.8. The summed E-state index contributed by atoms with van der Waals surface area (Å²) in [7, 11) is 0. The third-order valence-electron chi connectivity index (χ3n) is 3.36. The minimum atomic E-state index is -0.977. The Bertz CT molecular complexity index is 498. The highest BCUT2D eigenvalue weighted by Crippen LogP contribution is 2.13. The number of hydrogen-bond donors (Lipinski definition) is 2. The van der Waals surface area contributed by atoms with Gasteiger partial charge in [-0.15, -0.1) is 0 Å². The van der Waals surface area contributed by atoms with Gasteiger partial charge in [0, 0.05) is 19.6 Å². The van der Waals surface area contributed by atoms with Crippen molar-refractivity contribution in [1.82, 2.24) is 10.2 Å². The molecule has 0 bridgehead atoms. The number of carboxylic acids is 1. The van der Waals surface area contributed by atoms with Crippen LogP contribution in [0, 0.1) is 0 Å². The normalized spacial score (nSPS) is 14.2. The van der Waals surface area contributed by atoms with Gasteiger partial charge in [0.05, 0.1) is 12.1 Å². The number of amides is 1. The number of nitrogens with zero attached hydrogens (tertiary/aromatic N) is 1. The van der Waals surface area contributed by atoms with Crippen molar-refractivity contribution in [3.8, 4) is 5.75 Å². The number of nitrogens with one attached hydrogen (secondary N) is 1. The van der Waals surface area contributed by atoms with Crippen LogP contribution in [0.15, 0.2) is 24.3 Å². The molecule has 1 fully saturated rings. The summed E-state index contributed by atoms with van der Waals surface area (Å²) in [5.74, 6) is -0.335. The highest BCUT2D eigenvalue weighted by Gasteiger charge is 2.16. The van der Waals surface area contributed by atoms with Gasteiger partial charge in [0.2, 0.25) is 5.91 Å². The van der Waals surface area contributed by atoms with Crippen LogP contribution >= 0.6 is 0 Å². The van der Waals surface area contributed by atoms with Gasteiger partial charge in [-0.05, 0) is 31.0 Å². The second-order valence-electron chi connectivity index (χ2n) is 4.95. The molecule has 1 aliphatic heterocycles. The van der Waals surface area contributed by atoms with Crippen molar-refractivity contribution in [1.29, 1.82) is 0 Å². The zero-order valence-electron chi connectivity index (χ0n) is 11.9. The number of ether oxygens (including phenoxy) is 1. The Morgan fingerprint density at radius 3 is 2.76 bits per heavy atom. The van der Waals surface area contributed by atoms with Crippen LogP contribution in [0.3, 0.4) is 0 Å². The molecule has 2 N–H and O–H groups in total. The van der Waals surface area contributed by atoms with Crippen molar-refractivity contribution in [2.24, 2.45) is 0 Å². The van der Waals surface area contributed by atoms with Crippen LogP contribution in [0.1, 0.15) is 23.2 Å². The van der Waals surface area contributed by atoms with E-state index in [1.165, 1.54) is 12.1 Å². The van der Waals surface area contributed by atoms with Crippen molar-refractivity contribution >= 4 is 11.9 Å². The summed E-state index contributed by atoms with van der Waals surface area (Å²) in [5.41, 5.74) is 0.199. The first kappa shape index (κ1) is 15.3. The largest absolute Gasteiger partial charge is 0.492 e. The molecule has 0 aliphatic carbocycles. The molecule has 114 valence electrons. The lowest BCUT2D eigenvalue weighted by Crippen LogP contribution is -2.37. The molecular weight excluding hydrogens is 272 g/mol. The molecule has 0 unspecified atom stereocenters. The highest BCUT2D eigenvalue weighted by molar-refractivity contribution is 5.88. The second-order valence-corrected chi connectivity index (χ2v) is 4.95. The summed E-state index contributed by atoms with van der Waals surface area (Å²) >= 11 is 0. The van der Waals surface area contributed by atoms with E-state index in [9.17, 15) is 9.59 Å². The zero-order chi connectivity index (χ0) is 15.1. The maximum Gasteiger partial charge on any atom is 0.335 e. The molecule has 0 spiro atoms. The van der Waals surface area contributed by atoms with Crippen LogP contribution in [0.2, 0.25) is 0 Å². The number of benzene rings is 1. The summed E-state index contributed by atoms with van der Waals surface area (Å²) in [6.45, 7) is 2.96. The minimum absolute atomic E-state index is 0.125. The van der Waals surface area contributed by atoms with Crippen molar-refractivity contribution in [2.45, 2.75) is 12.8 Å². The molecule has 0 radical (unpaired) electrons. The number of carbonyl (C=O) groups is 2. The van der Waals surface area contributed by atoms with Crippen molar-refractivity contribution in [2.75, 3.05) is 32.8 Å². The molecule has 1 amide bonds. The topological polar surface area (TPSA) is 78.9 Å². The van der Waals surface area contributed by atoms with Crippen molar-refractivity contribution < 1.29 is 19.4 Å². The van der Waals surface area contributed by atoms with E-state index in [0.717, 1.165) is 25.9 Å². The minimum Gasteiger partial charge on any atom is -0.492 e. The SMILES string of the molecule is O=C(O)c1cccc(OCCNCC(=O)N2CCCC2)c1. The summed E-state index contributed by atoms with van der Waals surface area (Å²) in [4.78, 5) is 24.4. The van der Waals surface area contributed by atoms with Crippen molar-refractivity contribution in [3.05, 3.63) is 29.8 Å². The molecule has 2 rings (SSSR count). The van der Waals surface area contributed by atoms with Crippen LogP contribution in [-0.2, 0) is 4.79 Å². The molecule has 1 saturated heterocycles. The van der Waals surface area contributed by atoms with E-state index in [4.69, 9.17) is 9.84 Å². The predicted molar refractivity (Wildman–Crippen MR) is 77.6 cm³/mol. The molecule has 0 atom stereocenters. The molecule has 6 heteroatoms. The Hall–Kier alpha value is -2.08. The lowest BCUT2D eigenvalue weighted by Gasteiger charge is -2.15. The van der Waals surface area contributed by atoms with Gasteiger partial charge < -0.3 is 20.1 Å². The number of hydrogen-bond acceptors (Lipinski definition) is 4. The van der Waals surface area contributed by atoms with Gasteiger partial charge in [-0.1, -0.05) is 6.07 Å². The average molecular weight is 292 g/mol. The smallest absolute Gasteiger partial charge is 0.335 e. The summed E-state index contributed by atoms with van der Waals surface area (Å²) in [5, 5.41) is 11.9. The van der Waals surface area contributed by atoms with Gasteiger partial charge in [-0.25, -0.2) is 4.79 Å². The Labute approximate surface area is 123 Å². The lowest BCUT2D eigenvalue weighted by molar-refractivity contribution is -0.129. The fourth-order valence-corrected chi connectivity index (χ4v) is 2.23. The molecule has 1 heterocycles. The summed E-state index contributed by atoms with van der Waals surface area (Å²) in [6, 6.07) is 6.35. The number of likely N-dealkylation sites (tertiary alicyclic amines) is 1. The van der Waals surface area contributed by atoms with Crippen LogP contribution in [0.4, 0.5) is 0 Å². The Morgan fingerprint density at radius 2 is 2.05 bits per heavy atom. The first-order chi connectivity index (χ1) is 10.2. The monoisotopic (exact) mass is 292 g/mol. The van der Waals surface area contributed by atoms with E-state index >= 15 is 0 Å². The second kappa shape index (κ2) is 7.64.